The Bertz CT molecular complexity index is 940. The number of rotatable bonds is 6. The molecule has 6 nitrogen and oxygen atoms in total. The highest BCUT2D eigenvalue weighted by molar-refractivity contribution is 7.92. The molecule has 3 rings (SSSR count). The number of nitrogens with one attached hydrogen (secondary N) is 2. The average Bonchev–Trinajstić information content (AvgIpc) is 3.15. The molecule has 27 heavy (non-hydrogen) atoms. The largest absolute Gasteiger partial charge is 0.495 e. The Labute approximate surface area is 163 Å². The van der Waals surface area contributed by atoms with Crippen LogP contribution in [0.15, 0.2) is 47.4 Å². The summed E-state index contributed by atoms with van der Waals surface area (Å²) in [5, 5.41) is 2.98. The number of ether oxygens (including phenoxy) is 1. The van der Waals surface area contributed by atoms with Crippen molar-refractivity contribution in [3.8, 4) is 5.75 Å². The van der Waals surface area contributed by atoms with Crippen molar-refractivity contribution in [2.24, 2.45) is 0 Å². The van der Waals surface area contributed by atoms with Crippen molar-refractivity contribution in [1.82, 2.24) is 5.32 Å². The predicted molar refractivity (Wildman–Crippen MR) is 105 cm³/mol. The van der Waals surface area contributed by atoms with Crippen LogP contribution in [0, 0.1) is 0 Å². The second-order valence-electron chi connectivity index (χ2n) is 6.41. The number of sulfonamides is 1. The van der Waals surface area contributed by atoms with Crippen LogP contribution in [-0.2, 0) is 10.0 Å². The summed E-state index contributed by atoms with van der Waals surface area (Å²) in [6, 6.07) is 11.0. The zero-order valence-electron chi connectivity index (χ0n) is 14.9. The Morgan fingerprint density at radius 3 is 2.56 bits per heavy atom. The summed E-state index contributed by atoms with van der Waals surface area (Å²) < 4.78 is 33.3. The molecule has 1 aliphatic rings. The van der Waals surface area contributed by atoms with Gasteiger partial charge in [-0.05, 0) is 43.2 Å². The van der Waals surface area contributed by atoms with Crippen LogP contribution in [0.4, 0.5) is 5.69 Å². The highest BCUT2D eigenvalue weighted by Crippen LogP contribution is 2.29. The van der Waals surface area contributed by atoms with Crippen LogP contribution < -0.4 is 14.8 Å². The van der Waals surface area contributed by atoms with E-state index >= 15 is 0 Å². The van der Waals surface area contributed by atoms with Crippen LogP contribution in [0.25, 0.3) is 0 Å². The number of hydrogen-bond donors (Lipinski definition) is 2. The molecule has 8 heteroatoms. The molecular weight excluding hydrogens is 388 g/mol. The van der Waals surface area contributed by atoms with Gasteiger partial charge in [0.1, 0.15) is 10.6 Å². The zero-order chi connectivity index (χ0) is 19.4. The van der Waals surface area contributed by atoms with Gasteiger partial charge in [-0.2, -0.15) is 0 Å². The number of amides is 1. The van der Waals surface area contributed by atoms with Gasteiger partial charge in [-0.15, -0.1) is 0 Å². The van der Waals surface area contributed by atoms with E-state index in [1.54, 1.807) is 24.3 Å². The van der Waals surface area contributed by atoms with Gasteiger partial charge < -0.3 is 10.1 Å². The Balaban J connectivity index is 1.87. The molecule has 0 heterocycles. The molecule has 1 amide bonds. The highest BCUT2D eigenvalue weighted by atomic mass is 35.5. The first-order chi connectivity index (χ1) is 12.9. The van der Waals surface area contributed by atoms with Gasteiger partial charge in [-0.3, -0.25) is 9.52 Å². The van der Waals surface area contributed by atoms with Crippen LogP contribution in [0.1, 0.15) is 36.0 Å². The van der Waals surface area contributed by atoms with E-state index in [2.05, 4.69) is 10.0 Å². The fourth-order valence-electron chi connectivity index (χ4n) is 3.12. The van der Waals surface area contributed by atoms with Gasteiger partial charge in [-0.25, -0.2) is 8.42 Å². The maximum Gasteiger partial charge on any atom is 0.263 e. The van der Waals surface area contributed by atoms with Crippen molar-refractivity contribution >= 4 is 33.2 Å². The number of methoxy groups -OCH3 is 1. The molecule has 144 valence electrons. The highest BCUT2D eigenvalue weighted by Gasteiger charge is 2.23. The molecule has 0 saturated heterocycles. The lowest BCUT2D eigenvalue weighted by atomic mass is 10.2. The third kappa shape index (κ3) is 4.54. The first kappa shape index (κ1) is 19.5. The van der Waals surface area contributed by atoms with Crippen molar-refractivity contribution in [3.63, 3.8) is 0 Å². The maximum atomic E-state index is 12.8. The fourth-order valence-corrected chi connectivity index (χ4v) is 4.72. The third-order valence-corrected chi connectivity index (χ3v) is 6.37. The fraction of sp³-hybridized carbons (Fsp3) is 0.316. The first-order valence-electron chi connectivity index (χ1n) is 8.67. The van der Waals surface area contributed by atoms with Crippen molar-refractivity contribution in [3.05, 3.63) is 53.1 Å². The monoisotopic (exact) mass is 408 g/mol. The lowest BCUT2D eigenvalue weighted by molar-refractivity contribution is 0.0937. The number of carbonyl (C=O) groups is 1. The standard InChI is InChI=1S/C19H21ClN2O4S/c1-26-17-9-5-4-8-16(17)22-27(24,25)18-12-13(10-11-15(18)20)19(23)21-14-6-2-3-7-14/h4-5,8-12,14,22H,2-3,6-7H2,1H3,(H,21,23). The van der Waals surface area contributed by atoms with Gasteiger partial charge in [0.2, 0.25) is 0 Å². The maximum absolute atomic E-state index is 12.8. The van der Waals surface area contributed by atoms with Gasteiger partial charge in [0.25, 0.3) is 15.9 Å². The molecule has 0 atom stereocenters. The van der Waals surface area contributed by atoms with Gasteiger partial charge >= 0.3 is 0 Å². The predicted octanol–water partition coefficient (Wildman–Crippen LogP) is 3.82. The quantitative estimate of drug-likeness (QED) is 0.760. The second kappa shape index (κ2) is 8.19. The number of halogens is 1. The molecule has 0 spiro atoms. The van der Waals surface area contributed by atoms with E-state index in [0.717, 1.165) is 25.7 Å². The smallest absolute Gasteiger partial charge is 0.263 e. The molecule has 1 saturated carbocycles. The Kier molecular flexibility index (Phi) is 5.92. The van der Waals surface area contributed by atoms with Gasteiger partial charge in [0, 0.05) is 11.6 Å². The van der Waals surface area contributed by atoms with E-state index in [4.69, 9.17) is 16.3 Å². The normalized spacial score (nSPS) is 14.7. The topological polar surface area (TPSA) is 84.5 Å². The number of carbonyl (C=O) groups excluding carboxylic acids is 1. The van der Waals surface area contributed by atoms with Crippen molar-refractivity contribution in [2.45, 2.75) is 36.6 Å². The molecule has 0 aromatic heterocycles. The van der Waals surface area contributed by atoms with E-state index in [-0.39, 0.29) is 33.1 Å². The van der Waals surface area contributed by atoms with Crippen molar-refractivity contribution in [2.75, 3.05) is 11.8 Å². The molecule has 0 aliphatic heterocycles. The summed E-state index contributed by atoms with van der Waals surface area (Å²) in [5.41, 5.74) is 0.545. The summed E-state index contributed by atoms with van der Waals surface area (Å²) in [4.78, 5) is 12.3. The molecule has 0 bridgehead atoms. The SMILES string of the molecule is COc1ccccc1NS(=O)(=O)c1cc(C(=O)NC2CCCC2)ccc1Cl. The van der Waals surface area contributed by atoms with Crippen LogP contribution in [-0.4, -0.2) is 27.5 Å². The Morgan fingerprint density at radius 1 is 1.15 bits per heavy atom. The molecular formula is C19H21ClN2O4S. The lowest BCUT2D eigenvalue weighted by Gasteiger charge is -2.15. The molecule has 0 unspecified atom stereocenters. The van der Waals surface area contributed by atoms with Crippen molar-refractivity contribution in [1.29, 1.82) is 0 Å². The van der Waals surface area contributed by atoms with Crippen LogP contribution in [0.5, 0.6) is 5.75 Å². The molecule has 2 aromatic rings. The second-order valence-corrected chi connectivity index (χ2v) is 8.46. The van der Waals surface area contributed by atoms with E-state index in [1.165, 1.54) is 25.3 Å². The van der Waals surface area contributed by atoms with Crippen LogP contribution in [0.2, 0.25) is 5.02 Å². The average molecular weight is 409 g/mol. The Hall–Kier alpha value is -2.25. The minimum atomic E-state index is -4.00. The number of hydrogen-bond acceptors (Lipinski definition) is 4. The minimum absolute atomic E-state index is 0.0369. The molecule has 2 N–H and O–H groups in total. The summed E-state index contributed by atoms with van der Waals surface area (Å²) in [7, 11) is -2.55. The minimum Gasteiger partial charge on any atom is -0.495 e. The van der Waals surface area contributed by atoms with Crippen LogP contribution in [0.3, 0.4) is 0 Å². The summed E-state index contributed by atoms with van der Waals surface area (Å²) in [5.74, 6) is 0.0830. The molecule has 1 aliphatic carbocycles. The number of benzene rings is 2. The van der Waals surface area contributed by atoms with Gasteiger partial charge in [0.05, 0.1) is 17.8 Å². The number of para-hydroxylation sites is 2. The summed E-state index contributed by atoms with van der Waals surface area (Å²) in [6.07, 6.45) is 4.07. The lowest BCUT2D eigenvalue weighted by Crippen LogP contribution is -2.32. The molecule has 1 fully saturated rings. The third-order valence-electron chi connectivity index (χ3n) is 4.52. The van der Waals surface area contributed by atoms with E-state index in [1.807, 2.05) is 0 Å². The van der Waals surface area contributed by atoms with Crippen molar-refractivity contribution < 1.29 is 17.9 Å². The first-order valence-corrected chi connectivity index (χ1v) is 10.5. The zero-order valence-corrected chi connectivity index (χ0v) is 16.4. The van der Waals surface area contributed by atoms with Gasteiger partial charge in [0.15, 0.2) is 0 Å². The molecule has 0 radical (unpaired) electrons. The van der Waals surface area contributed by atoms with E-state index < -0.39 is 10.0 Å². The van der Waals surface area contributed by atoms with Gasteiger partial charge in [-0.1, -0.05) is 36.6 Å². The van der Waals surface area contributed by atoms with E-state index in [0.29, 0.717) is 5.75 Å². The van der Waals surface area contributed by atoms with E-state index in [9.17, 15) is 13.2 Å². The molecule has 2 aromatic carbocycles. The summed E-state index contributed by atoms with van der Waals surface area (Å²) in [6.45, 7) is 0. The number of anilines is 1. The van der Waals surface area contributed by atoms with Crippen LogP contribution >= 0.6 is 11.6 Å². The Morgan fingerprint density at radius 2 is 1.85 bits per heavy atom. The summed E-state index contributed by atoms with van der Waals surface area (Å²) >= 11 is 6.11.